The second kappa shape index (κ2) is 5.74. The molecule has 0 saturated carbocycles. The maximum atomic E-state index is 10.4. The van der Waals surface area contributed by atoms with Crippen molar-refractivity contribution in [2.75, 3.05) is 0 Å². The first kappa shape index (κ1) is 14.7. The number of nitrogens with zero attached hydrogens (tertiary/aromatic N) is 2. The van der Waals surface area contributed by atoms with Crippen molar-refractivity contribution in [3.63, 3.8) is 0 Å². The molecule has 108 valence electrons. The monoisotopic (exact) mass is 295 g/mol. The van der Waals surface area contributed by atoms with Crippen molar-refractivity contribution in [2.24, 2.45) is 7.05 Å². The van der Waals surface area contributed by atoms with Gasteiger partial charge in [-0.05, 0) is 19.1 Å². The topological polar surface area (TPSA) is 84.2 Å². The van der Waals surface area contributed by atoms with E-state index in [1.165, 1.54) is 23.5 Å². The predicted octanol–water partition coefficient (Wildman–Crippen LogP) is 1.27. The van der Waals surface area contributed by atoms with Gasteiger partial charge in [-0.3, -0.25) is 4.55 Å². The van der Waals surface area contributed by atoms with Gasteiger partial charge in [0.25, 0.3) is 10.1 Å². The summed E-state index contributed by atoms with van der Waals surface area (Å²) in [5.74, 6) is 1.12. The van der Waals surface area contributed by atoms with E-state index in [9.17, 15) is 8.42 Å². The van der Waals surface area contributed by atoms with Crippen LogP contribution in [0.25, 0.3) is 0 Å². The van der Waals surface area contributed by atoms with Crippen molar-refractivity contribution < 1.29 is 13.0 Å². The average molecular weight is 295 g/mol. The van der Waals surface area contributed by atoms with Crippen molar-refractivity contribution >= 4 is 10.1 Å². The molecule has 3 rings (SSSR count). The number of fused-ring (bicyclic) bond motifs is 1. The molecular formula is C13H17N3O3S. The van der Waals surface area contributed by atoms with E-state index in [4.69, 9.17) is 4.55 Å². The third-order valence-corrected chi connectivity index (χ3v) is 4.01. The minimum atomic E-state index is -4.00. The number of aryl methyl sites for hydroxylation is 1. The largest absolute Gasteiger partial charge is 0.334 e. The Morgan fingerprint density at radius 2 is 1.90 bits per heavy atom. The van der Waals surface area contributed by atoms with Crippen LogP contribution in [0.5, 0.6) is 0 Å². The zero-order chi connectivity index (χ0) is 14.8. The van der Waals surface area contributed by atoms with Crippen molar-refractivity contribution in [3.8, 4) is 0 Å². The molecule has 0 atom stereocenters. The molecule has 1 aromatic carbocycles. The molecule has 7 heteroatoms. The van der Waals surface area contributed by atoms with Crippen LogP contribution in [0, 0.1) is 6.92 Å². The first-order chi connectivity index (χ1) is 9.39. The summed E-state index contributed by atoms with van der Waals surface area (Å²) in [6.07, 6.45) is 0. The summed E-state index contributed by atoms with van der Waals surface area (Å²) in [6, 6.07) is 7.42. The number of hydrogen-bond donors (Lipinski definition) is 2. The average Bonchev–Trinajstić information content (AvgIpc) is 2.95. The predicted molar refractivity (Wildman–Crippen MR) is 74.7 cm³/mol. The summed E-state index contributed by atoms with van der Waals surface area (Å²) in [6.45, 7) is 3.96. The van der Waals surface area contributed by atoms with E-state index in [1.54, 1.807) is 18.2 Å². The zero-order valence-electron chi connectivity index (χ0n) is 11.4. The second-order valence-corrected chi connectivity index (χ2v) is 5.92. The Bertz CT molecular complexity index is 693. The number of benzene rings is 1. The van der Waals surface area contributed by atoms with Crippen molar-refractivity contribution in [1.82, 2.24) is 14.9 Å². The Morgan fingerprint density at radius 3 is 2.40 bits per heavy atom. The van der Waals surface area contributed by atoms with Gasteiger partial charge < -0.3 is 9.88 Å². The van der Waals surface area contributed by atoms with Crippen molar-refractivity contribution in [1.29, 1.82) is 0 Å². The molecule has 2 N–H and O–H groups in total. The quantitative estimate of drug-likeness (QED) is 0.774. The molecule has 1 aliphatic heterocycles. The lowest BCUT2D eigenvalue weighted by Gasteiger charge is -1.97. The lowest BCUT2D eigenvalue weighted by molar-refractivity contribution is 0.483. The number of hydrogen-bond acceptors (Lipinski definition) is 4. The molecule has 0 radical (unpaired) electrons. The first-order valence-electron chi connectivity index (χ1n) is 6.14. The van der Waals surface area contributed by atoms with E-state index < -0.39 is 10.1 Å². The Kier molecular flexibility index (Phi) is 4.22. The van der Waals surface area contributed by atoms with E-state index in [0.717, 1.165) is 18.9 Å². The molecule has 0 saturated heterocycles. The number of nitrogens with one attached hydrogen (secondary N) is 1. The highest BCUT2D eigenvalue weighted by Gasteiger charge is 2.16. The highest BCUT2D eigenvalue weighted by Crippen LogP contribution is 2.14. The van der Waals surface area contributed by atoms with Gasteiger partial charge in [0.2, 0.25) is 0 Å². The van der Waals surface area contributed by atoms with Crippen LogP contribution in [0.15, 0.2) is 35.2 Å². The number of aromatic nitrogens is 2. The van der Waals surface area contributed by atoms with Gasteiger partial charge in [-0.2, -0.15) is 8.42 Å². The van der Waals surface area contributed by atoms with Gasteiger partial charge in [0.1, 0.15) is 5.82 Å². The van der Waals surface area contributed by atoms with E-state index in [-0.39, 0.29) is 4.90 Å². The van der Waals surface area contributed by atoms with Crippen LogP contribution in [0.3, 0.4) is 0 Å². The maximum absolute atomic E-state index is 10.4. The standard InChI is InChI=1S/C7H11N3.C6H6O3S/c1-5-9-6-3-8-4-7(6)10(5)2;7-10(8,9)6-4-2-1-3-5-6/h8H,3-4H2,1-2H3;1-5H,(H,7,8,9). The summed E-state index contributed by atoms with van der Waals surface area (Å²) in [7, 11) is -1.94. The van der Waals surface area contributed by atoms with E-state index in [1.807, 2.05) is 6.92 Å². The van der Waals surface area contributed by atoms with Crippen molar-refractivity contribution in [2.45, 2.75) is 24.9 Å². The molecule has 0 bridgehead atoms. The smallest absolute Gasteiger partial charge is 0.294 e. The van der Waals surface area contributed by atoms with Gasteiger partial charge in [-0.15, -0.1) is 0 Å². The molecule has 1 aromatic heterocycles. The molecule has 0 unspecified atom stereocenters. The molecule has 0 spiro atoms. The molecule has 0 aliphatic carbocycles. The zero-order valence-corrected chi connectivity index (χ0v) is 12.2. The Balaban J connectivity index is 0.000000147. The molecule has 1 aliphatic rings. The summed E-state index contributed by atoms with van der Waals surface area (Å²) in [5.41, 5.74) is 2.57. The van der Waals surface area contributed by atoms with Gasteiger partial charge in [-0.1, -0.05) is 18.2 Å². The van der Waals surface area contributed by atoms with Crippen LogP contribution in [-0.4, -0.2) is 22.5 Å². The number of imidazole rings is 1. The minimum absolute atomic E-state index is 0.0741. The van der Waals surface area contributed by atoms with Crippen LogP contribution in [0.1, 0.15) is 17.2 Å². The van der Waals surface area contributed by atoms with Crippen LogP contribution < -0.4 is 5.32 Å². The van der Waals surface area contributed by atoms with E-state index >= 15 is 0 Å². The van der Waals surface area contributed by atoms with Gasteiger partial charge in [0.05, 0.1) is 16.3 Å². The fourth-order valence-electron chi connectivity index (χ4n) is 1.98. The van der Waals surface area contributed by atoms with Gasteiger partial charge in [0, 0.05) is 20.1 Å². The molecular weight excluding hydrogens is 278 g/mol. The highest BCUT2D eigenvalue weighted by atomic mass is 32.2. The molecule has 0 amide bonds. The third kappa shape index (κ3) is 3.24. The minimum Gasteiger partial charge on any atom is -0.334 e. The summed E-state index contributed by atoms with van der Waals surface area (Å²) in [4.78, 5) is 4.32. The Labute approximate surface area is 118 Å². The van der Waals surface area contributed by atoms with Gasteiger partial charge >= 0.3 is 0 Å². The lowest BCUT2D eigenvalue weighted by Crippen LogP contribution is -2.06. The highest BCUT2D eigenvalue weighted by molar-refractivity contribution is 7.85. The molecule has 2 aromatic rings. The number of rotatable bonds is 1. The molecule has 6 nitrogen and oxygen atoms in total. The van der Waals surface area contributed by atoms with Crippen LogP contribution in [0.4, 0.5) is 0 Å². The first-order valence-corrected chi connectivity index (χ1v) is 7.58. The SMILES string of the molecule is Cc1nc2c(n1C)CNC2.O=S(=O)(O)c1ccccc1. The van der Waals surface area contributed by atoms with Gasteiger partial charge in [-0.25, -0.2) is 4.98 Å². The maximum Gasteiger partial charge on any atom is 0.294 e. The summed E-state index contributed by atoms with van der Waals surface area (Å²) in [5, 5.41) is 3.25. The molecule has 2 heterocycles. The fraction of sp³-hybridized carbons (Fsp3) is 0.308. The summed E-state index contributed by atoms with van der Waals surface area (Å²) < 4.78 is 31.4. The van der Waals surface area contributed by atoms with E-state index in [2.05, 4.69) is 21.9 Å². The lowest BCUT2D eigenvalue weighted by atomic mass is 10.4. The Hall–Kier alpha value is -1.70. The fourth-order valence-corrected chi connectivity index (χ4v) is 2.48. The summed E-state index contributed by atoms with van der Waals surface area (Å²) >= 11 is 0. The third-order valence-electron chi connectivity index (χ3n) is 3.15. The normalized spacial score (nSPS) is 13.6. The van der Waals surface area contributed by atoms with Crippen LogP contribution in [0.2, 0.25) is 0 Å². The van der Waals surface area contributed by atoms with Gasteiger partial charge in [0.15, 0.2) is 0 Å². The van der Waals surface area contributed by atoms with Crippen molar-refractivity contribution in [3.05, 3.63) is 47.5 Å². The Morgan fingerprint density at radius 1 is 1.25 bits per heavy atom. The molecule has 20 heavy (non-hydrogen) atoms. The van der Waals surface area contributed by atoms with Crippen LogP contribution in [-0.2, 0) is 30.3 Å². The molecule has 0 fully saturated rings. The van der Waals surface area contributed by atoms with E-state index in [0.29, 0.717) is 0 Å². The van der Waals surface area contributed by atoms with Crippen LogP contribution >= 0.6 is 0 Å². The second-order valence-electron chi connectivity index (χ2n) is 4.50.